The lowest BCUT2D eigenvalue weighted by atomic mass is 9.94. The van der Waals surface area contributed by atoms with Crippen molar-refractivity contribution < 1.29 is 24.2 Å². The number of likely N-dealkylation sites (tertiary alicyclic amines) is 1. The number of amides is 1. The monoisotopic (exact) mass is 542 g/mol. The summed E-state index contributed by atoms with van der Waals surface area (Å²) in [7, 11) is 0. The molecule has 1 fully saturated rings. The summed E-state index contributed by atoms with van der Waals surface area (Å²) in [4.78, 5) is 30.6. The molecule has 1 unspecified atom stereocenters. The highest BCUT2D eigenvalue weighted by Gasteiger charge is 2.46. The zero-order valence-corrected chi connectivity index (χ0v) is 23.7. The standard InChI is InChI=1S/C33H38N2O5/c1-5-34(6-2)19-20-35-30(25-13-15-26(16-14-25)40-22-24-11-9-8-10-12-24)29(32(37)33(35)38)31(36)28-18-17-27(39-7-3)21-23(28)4/h8-18,21,30,36H,5-7,19-20,22H2,1-4H3. The van der Waals surface area contributed by atoms with Crippen LogP contribution >= 0.6 is 0 Å². The summed E-state index contributed by atoms with van der Waals surface area (Å²) in [5, 5.41) is 11.5. The van der Waals surface area contributed by atoms with Crippen LogP contribution in [0.1, 0.15) is 49.1 Å². The highest BCUT2D eigenvalue weighted by molar-refractivity contribution is 6.46. The maximum atomic E-state index is 13.4. The molecule has 0 spiro atoms. The van der Waals surface area contributed by atoms with Crippen molar-refractivity contribution in [3.05, 3.63) is 101 Å². The van der Waals surface area contributed by atoms with Gasteiger partial charge in [0.2, 0.25) is 0 Å². The average molecular weight is 543 g/mol. The predicted octanol–water partition coefficient (Wildman–Crippen LogP) is 5.74. The Morgan fingerprint density at radius 3 is 2.20 bits per heavy atom. The molecule has 1 atom stereocenters. The number of benzene rings is 3. The van der Waals surface area contributed by atoms with Gasteiger partial charge in [0.25, 0.3) is 11.7 Å². The number of aryl methyl sites for hydroxylation is 1. The van der Waals surface area contributed by atoms with Gasteiger partial charge in [-0.25, -0.2) is 0 Å². The van der Waals surface area contributed by atoms with Gasteiger partial charge >= 0.3 is 0 Å². The van der Waals surface area contributed by atoms with Crippen LogP contribution in [0.3, 0.4) is 0 Å². The van der Waals surface area contributed by atoms with E-state index in [-0.39, 0.29) is 11.3 Å². The van der Waals surface area contributed by atoms with E-state index >= 15 is 0 Å². The Morgan fingerprint density at radius 2 is 1.57 bits per heavy atom. The van der Waals surface area contributed by atoms with Crippen molar-refractivity contribution in [3.8, 4) is 11.5 Å². The fraction of sp³-hybridized carbons (Fsp3) is 0.333. The minimum Gasteiger partial charge on any atom is -0.507 e. The molecule has 0 aromatic heterocycles. The summed E-state index contributed by atoms with van der Waals surface area (Å²) in [6.45, 7) is 11.5. The number of aliphatic hydroxyl groups is 1. The fourth-order valence-electron chi connectivity index (χ4n) is 5.04. The van der Waals surface area contributed by atoms with Crippen molar-refractivity contribution in [1.29, 1.82) is 0 Å². The molecule has 0 aliphatic carbocycles. The van der Waals surface area contributed by atoms with Gasteiger partial charge in [0, 0.05) is 18.7 Å². The van der Waals surface area contributed by atoms with Crippen LogP contribution in [0.2, 0.25) is 0 Å². The minimum atomic E-state index is -0.718. The molecule has 3 aromatic rings. The van der Waals surface area contributed by atoms with Crippen LogP contribution in [-0.4, -0.2) is 59.4 Å². The summed E-state index contributed by atoms with van der Waals surface area (Å²) in [5.41, 5.74) is 3.13. The van der Waals surface area contributed by atoms with E-state index in [2.05, 4.69) is 18.7 Å². The number of likely N-dealkylation sites (N-methyl/N-ethyl adjacent to an activating group) is 1. The Labute approximate surface area is 236 Å². The van der Waals surface area contributed by atoms with E-state index in [1.165, 1.54) is 0 Å². The number of Topliss-reactive ketones (excluding diaryl/α,β-unsaturated/α-hetero) is 1. The van der Waals surface area contributed by atoms with Gasteiger partial charge < -0.3 is 24.4 Å². The van der Waals surface area contributed by atoms with E-state index in [4.69, 9.17) is 9.47 Å². The molecule has 0 radical (unpaired) electrons. The second-order valence-electron chi connectivity index (χ2n) is 9.77. The lowest BCUT2D eigenvalue weighted by Crippen LogP contribution is -2.38. The lowest BCUT2D eigenvalue weighted by Gasteiger charge is -2.28. The first-order valence-electron chi connectivity index (χ1n) is 13.9. The van der Waals surface area contributed by atoms with E-state index in [0.717, 1.165) is 29.8 Å². The van der Waals surface area contributed by atoms with Gasteiger partial charge in [0.15, 0.2) is 0 Å². The van der Waals surface area contributed by atoms with Crippen molar-refractivity contribution in [2.45, 2.75) is 40.3 Å². The summed E-state index contributed by atoms with van der Waals surface area (Å²) in [6.07, 6.45) is 0. The molecule has 0 saturated carbocycles. The molecule has 40 heavy (non-hydrogen) atoms. The van der Waals surface area contributed by atoms with Crippen molar-refractivity contribution in [3.63, 3.8) is 0 Å². The van der Waals surface area contributed by atoms with E-state index in [1.54, 1.807) is 17.0 Å². The van der Waals surface area contributed by atoms with Gasteiger partial charge in [0.05, 0.1) is 18.2 Å². The number of aliphatic hydroxyl groups excluding tert-OH is 1. The summed E-state index contributed by atoms with van der Waals surface area (Å²) < 4.78 is 11.5. The summed E-state index contributed by atoms with van der Waals surface area (Å²) in [6, 6.07) is 21.9. The zero-order chi connectivity index (χ0) is 28.6. The van der Waals surface area contributed by atoms with Gasteiger partial charge in [-0.3, -0.25) is 9.59 Å². The topological polar surface area (TPSA) is 79.3 Å². The maximum Gasteiger partial charge on any atom is 0.295 e. The number of nitrogens with zero attached hydrogens (tertiary/aromatic N) is 2. The predicted molar refractivity (Wildman–Crippen MR) is 156 cm³/mol. The SMILES string of the molecule is CCOc1ccc(C(O)=C2C(=O)C(=O)N(CCN(CC)CC)C2c2ccc(OCc3ccccc3)cc2)c(C)c1. The second-order valence-corrected chi connectivity index (χ2v) is 9.77. The van der Waals surface area contributed by atoms with Gasteiger partial charge in [0.1, 0.15) is 23.9 Å². The molecule has 1 aliphatic heterocycles. The van der Waals surface area contributed by atoms with Crippen molar-refractivity contribution >= 4 is 17.4 Å². The molecule has 1 aliphatic rings. The van der Waals surface area contributed by atoms with Crippen LogP contribution in [0.5, 0.6) is 11.5 Å². The average Bonchev–Trinajstić information content (AvgIpc) is 3.22. The molecule has 3 aromatic carbocycles. The van der Waals surface area contributed by atoms with Crippen LogP contribution in [0.4, 0.5) is 0 Å². The van der Waals surface area contributed by atoms with E-state index < -0.39 is 17.7 Å². The molecule has 210 valence electrons. The maximum absolute atomic E-state index is 13.4. The normalized spacial score (nSPS) is 16.5. The first-order valence-corrected chi connectivity index (χ1v) is 13.9. The van der Waals surface area contributed by atoms with E-state index in [0.29, 0.717) is 43.4 Å². The van der Waals surface area contributed by atoms with Gasteiger partial charge in [-0.1, -0.05) is 56.3 Å². The summed E-state index contributed by atoms with van der Waals surface area (Å²) >= 11 is 0. The van der Waals surface area contributed by atoms with E-state index in [9.17, 15) is 14.7 Å². The Bertz CT molecular complexity index is 1350. The third-order valence-electron chi connectivity index (χ3n) is 7.30. The third-order valence-corrected chi connectivity index (χ3v) is 7.30. The van der Waals surface area contributed by atoms with Crippen LogP contribution in [0, 0.1) is 6.92 Å². The van der Waals surface area contributed by atoms with Crippen molar-refractivity contribution in [2.24, 2.45) is 0 Å². The number of hydrogen-bond acceptors (Lipinski definition) is 6. The summed E-state index contributed by atoms with van der Waals surface area (Å²) in [5.74, 6) is -0.112. The number of carbonyl (C=O) groups excluding carboxylic acids is 2. The molecule has 7 nitrogen and oxygen atoms in total. The minimum absolute atomic E-state index is 0.0924. The Kier molecular flexibility index (Phi) is 9.61. The quantitative estimate of drug-likeness (QED) is 0.179. The Hall–Kier alpha value is -4.10. The first kappa shape index (κ1) is 28.9. The van der Waals surface area contributed by atoms with Crippen LogP contribution in [0.25, 0.3) is 5.76 Å². The van der Waals surface area contributed by atoms with Crippen LogP contribution < -0.4 is 9.47 Å². The first-order chi connectivity index (χ1) is 19.4. The van der Waals surface area contributed by atoms with Crippen molar-refractivity contribution in [2.75, 3.05) is 32.8 Å². The van der Waals surface area contributed by atoms with Gasteiger partial charge in [-0.05, 0) is 74.0 Å². The number of carbonyl (C=O) groups is 2. The number of ether oxygens (including phenoxy) is 2. The highest BCUT2D eigenvalue weighted by atomic mass is 16.5. The van der Waals surface area contributed by atoms with Gasteiger partial charge in [-0.15, -0.1) is 0 Å². The van der Waals surface area contributed by atoms with Crippen LogP contribution in [0.15, 0.2) is 78.4 Å². The highest BCUT2D eigenvalue weighted by Crippen LogP contribution is 2.40. The Balaban J connectivity index is 1.70. The molecule has 4 rings (SSSR count). The van der Waals surface area contributed by atoms with E-state index in [1.807, 2.05) is 74.5 Å². The fourth-order valence-corrected chi connectivity index (χ4v) is 5.04. The van der Waals surface area contributed by atoms with Gasteiger partial charge in [-0.2, -0.15) is 0 Å². The molecule has 1 heterocycles. The Morgan fingerprint density at radius 1 is 0.900 bits per heavy atom. The molecule has 0 bridgehead atoms. The van der Waals surface area contributed by atoms with Crippen molar-refractivity contribution in [1.82, 2.24) is 9.80 Å². The lowest BCUT2D eigenvalue weighted by molar-refractivity contribution is -0.140. The van der Waals surface area contributed by atoms with Crippen LogP contribution in [-0.2, 0) is 16.2 Å². The molecular weight excluding hydrogens is 504 g/mol. The molecule has 1 amide bonds. The number of hydrogen-bond donors (Lipinski definition) is 1. The molecule has 7 heteroatoms. The third kappa shape index (κ3) is 6.37. The second kappa shape index (κ2) is 13.3. The molecule has 1 saturated heterocycles. The number of rotatable bonds is 12. The molecule has 1 N–H and O–H groups in total. The molecular formula is C33H38N2O5. The largest absolute Gasteiger partial charge is 0.507 e. The number of ketones is 1. The smallest absolute Gasteiger partial charge is 0.295 e. The zero-order valence-electron chi connectivity index (χ0n) is 23.7.